The molecule has 0 aliphatic carbocycles. The molecule has 2 aromatic heterocycles. The van der Waals surface area contributed by atoms with Crippen LogP contribution < -0.4 is 5.32 Å². The second-order valence-corrected chi connectivity index (χ2v) is 4.75. The number of nitrogens with zero attached hydrogens (tertiary/aromatic N) is 3. The van der Waals surface area contributed by atoms with Gasteiger partial charge in [-0.3, -0.25) is 0 Å². The van der Waals surface area contributed by atoms with Crippen molar-refractivity contribution in [1.82, 2.24) is 19.9 Å². The molecule has 0 spiro atoms. The fourth-order valence-electron chi connectivity index (χ4n) is 1.44. The summed E-state index contributed by atoms with van der Waals surface area (Å²) in [6, 6.07) is 0.489. The highest BCUT2D eigenvalue weighted by molar-refractivity contribution is 7.07. The van der Waals surface area contributed by atoms with Gasteiger partial charge in [-0.05, 0) is 0 Å². The van der Waals surface area contributed by atoms with Crippen LogP contribution in [0, 0.1) is 0 Å². The molecule has 2 aromatic rings. The molecule has 16 heavy (non-hydrogen) atoms. The summed E-state index contributed by atoms with van der Waals surface area (Å²) in [5, 5.41) is 5.46. The van der Waals surface area contributed by atoms with E-state index >= 15 is 0 Å². The first-order valence-electron chi connectivity index (χ1n) is 5.35. The predicted octanol–water partition coefficient (Wildman–Crippen LogP) is 1.89. The maximum atomic E-state index is 4.28. The SMILES string of the molecule is CC(C)NCc1cncn1Cc1cscn1. The van der Waals surface area contributed by atoms with Crippen LogP contribution in [0.15, 0.2) is 23.4 Å². The molecule has 0 amide bonds. The van der Waals surface area contributed by atoms with Gasteiger partial charge in [0.2, 0.25) is 0 Å². The first-order valence-corrected chi connectivity index (χ1v) is 6.29. The van der Waals surface area contributed by atoms with Crippen LogP contribution in [0.1, 0.15) is 25.2 Å². The molecule has 0 aliphatic heterocycles. The van der Waals surface area contributed by atoms with Crippen LogP contribution in [0.25, 0.3) is 0 Å². The van der Waals surface area contributed by atoms with Gasteiger partial charge >= 0.3 is 0 Å². The van der Waals surface area contributed by atoms with E-state index in [-0.39, 0.29) is 0 Å². The van der Waals surface area contributed by atoms with Gasteiger partial charge in [0.25, 0.3) is 0 Å². The molecule has 0 saturated heterocycles. The van der Waals surface area contributed by atoms with Gasteiger partial charge in [-0.2, -0.15) is 0 Å². The van der Waals surface area contributed by atoms with Crippen LogP contribution in [-0.2, 0) is 13.1 Å². The summed E-state index contributed by atoms with van der Waals surface area (Å²) in [5.41, 5.74) is 4.15. The van der Waals surface area contributed by atoms with E-state index in [0.717, 1.165) is 18.8 Å². The van der Waals surface area contributed by atoms with E-state index in [9.17, 15) is 0 Å². The lowest BCUT2D eigenvalue weighted by Crippen LogP contribution is -2.23. The van der Waals surface area contributed by atoms with Crippen molar-refractivity contribution < 1.29 is 0 Å². The standard InChI is InChI=1S/C11H16N4S/c1-9(2)13-4-11-3-12-7-15(11)5-10-6-16-8-14-10/h3,6-9,13H,4-5H2,1-2H3. The highest BCUT2D eigenvalue weighted by Gasteiger charge is 2.04. The van der Waals surface area contributed by atoms with E-state index in [2.05, 4.69) is 39.1 Å². The van der Waals surface area contributed by atoms with Crippen LogP contribution in [0.3, 0.4) is 0 Å². The lowest BCUT2D eigenvalue weighted by molar-refractivity contribution is 0.563. The maximum absolute atomic E-state index is 4.28. The molecule has 4 nitrogen and oxygen atoms in total. The Balaban J connectivity index is 2.01. The zero-order chi connectivity index (χ0) is 11.4. The summed E-state index contributed by atoms with van der Waals surface area (Å²) < 4.78 is 2.13. The lowest BCUT2D eigenvalue weighted by Gasteiger charge is -2.10. The van der Waals surface area contributed by atoms with Crippen LogP contribution >= 0.6 is 11.3 Å². The molecular weight excluding hydrogens is 220 g/mol. The Kier molecular flexibility index (Phi) is 3.69. The van der Waals surface area contributed by atoms with Gasteiger partial charge in [0.1, 0.15) is 0 Å². The molecule has 0 radical (unpaired) electrons. The molecule has 0 bridgehead atoms. The second-order valence-electron chi connectivity index (χ2n) is 4.03. The number of thiazole rings is 1. The third kappa shape index (κ3) is 2.90. The lowest BCUT2D eigenvalue weighted by atomic mass is 10.3. The third-order valence-electron chi connectivity index (χ3n) is 2.31. The molecule has 0 fully saturated rings. The van der Waals surface area contributed by atoms with Crippen LogP contribution in [0.4, 0.5) is 0 Å². The first kappa shape index (κ1) is 11.3. The monoisotopic (exact) mass is 236 g/mol. The van der Waals surface area contributed by atoms with Gasteiger partial charge < -0.3 is 9.88 Å². The maximum Gasteiger partial charge on any atom is 0.0952 e. The van der Waals surface area contributed by atoms with Gasteiger partial charge in [-0.1, -0.05) is 13.8 Å². The van der Waals surface area contributed by atoms with Gasteiger partial charge in [0.05, 0.1) is 29.8 Å². The van der Waals surface area contributed by atoms with E-state index < -0.39 is 0 Å². The minimum absolute atomic E-state index is 0.489. The molecular formula is C11H16N4S. The quantitative estimate of drug-likeness (QED) is 0.862. The molecule has 0 atom stereocenters. The highest BCUT2D eigenvalue weighted by Crippen LogP contribution is 2.06. The number of hydrogen-bond donors (Lipinski definition) is 1. The highest BCUT2D eigenvalue weighted by atomic mass is 32.1. The Morgan fingerprint density at radius 3 is 3.06 bits per heavy atom. The Morgan fingerprint density at radius 1 is 1.50 bits per heavy atom. The number of nitrogens with one attached hydrogen (secondary N) is 1. The van der Waals surface area contributed by atoms with Gasteiger partial charge in [0, 0.05) is 24.2 Å². The number of hydrogen-bond acceptors (Lipinski definition) is 4. The molecule has 0 aliphatic rings. The largest absolute Gasteiger partial charge is 0.327 e. The Bertz CT molecular complexity index is 419. The zero-order valence-corrected chi connectivity index (χ0v) is 10.4. The molecule has 2 rings (SSSR count). The predicted molar refractivity (Wildman–Crippen MR) is 65.4 cm³/mol. The summed E-state index contributed by atoms with van der Waals surface area (Å²) in [7, 11) is 0. The molecule has 2 heterocycles. The molecule has 0 saturated carbocycles. The summed E-state index contributed by atoms with van der Waals surface area (Å²) in [4.78, 5) is 8.46. The van der Waals surface area contributed by atoms with Gasteiger partial charge in [-0.25, -0.2) is 9.97 Å². The van der Waals surface area contributed by atoms with E-state index in [4.69, 9.17) is 0 Å². The van der Waals surface area contributed by atoms with E-state index in [0.29, 0.717) is 6.04 Å². The number of aromatic nitrogens is 3. The summed E-state index contributed by atoms with van der Waals surface area (Å²) in [5.74, 6) is 0. The normalized spacial score (nSPS) is 11.2. The van der Waals surface area contributed by atoms with Gasteiger partial charge in [0.15, 0.2) is 0 Å². The van der Waals surface area contributed by atoms with Crippen molar-refractivity contribution in [1.29, 1.82) is 0 Å². The Hall–Kier alpha value is -1.20. The van der Waals surface area contributed by atoms with Crippen LogP contribution in [-0.4, -0.2) is 20.6 Å². The van der Waals surface area contributed by atoms with Crippen molar-refractivity contribution >= 4 is 11.3 Å². The van der Waals surface area contributed by atoms with Crippen LogP contribution in [0.5, 0.6) is 0 Å². The van der Waals surface area contributed by atoms with E-state index in [1.54, 1.807) is 11.3 Å². The van der Waals surface area contributed by atoms with Crippen molar-refractivity contribution in [3.63, 3.8) is 0 Å². The van der Waals surface area contributed by atoms with Crippen molar-refractivity contribution in [2.24, 2.45) is 0 Å². The smallest absolute Gasteiger partial charge is 0.0952 e. The topological polar surface area (TPSA) is 42.7 Å². The summed E-state index contributed by atoms with van der Waals surface area (Å²) in [6.07, 6.45) is 3.76. The van der Waals surface area contributed by atoms with Crippen molar-refractivity contribution in [3.8, 4) is 0 Å². The third-order valence-corrected chi connectivity index (χ3v) is 2.94. The molecule has 86 valence electrons. The minimum atomic E-state index is 0.489. The molecule has 0 unspecified atom stereocenters. The summed E-state index contributed by atoms with van der Waals surface area (Å²) >= 11 is 1.63. The minimum Gasteiger partial charge on any atom is -0.327 e. The molecule has 1 N–H and O–H groups in total. The van der Waals surface area contributed by atoms with E-state index in [1.807, 2.05) is 18.0 Å². The number of imidazole rings is 1. The Morgan fingerprint density at radius 2 is 2.38 bits per heavy atom. The number of rotatable bonds is 5. The van der Waals surface area contributed by atoms with Crippen LogP contribution in [0.2, 0.25) is 0 Å². The van der Waals surface area contributed by atoms with Gasteiger partial charge in [-0.15, -0.1) is 11.3 Å². The first-order chi connectivity index (χ1) is 7.75. The average molecular weight is 236 g/mol. The fourth-order valence-corrected chi connectivity index (χ4v) is 1.99. The van der Waals surface area contributed by atoms with E-state index in [1.165, 1.54) is 5.69 Å². The van der Waals surface area contributed by atoms with Crippen molar-refractivity contribution in [2.75, 3.05) is 0 Å². The second kappa shape index (κ2) is 5.23. The average Bonchev–Trinajstić information content (AvgIpc) is 2.87. The molecule has 0 aromatic carbocycles. The van der Waals surface area contributed by atoms with Crippen molar-refractivity contribution in [3.05, 3.63) is 34.8 Å². The Labute approximate surface area is 99.4 Å². The fraction of sp³-hybridized carbons (Fsp3) is 0.455. The molecule has 5 heteroatoms. The summed E-state index contributed by atoms with van der Waals surface area (Å²) in [6.45, 7) is 5.93. The zero-order valence-electron chi connectivity index (χ0n) is 9.55. The van der Waals surface area contributed by atoms with Crippen molar-refractivity contribution in [2.45, 2.75) is 33.0 Å².